The Hall–Kier alpha value is -3.89. The summed E-state index contributed by atoms with van der Waals surface area (Å²) >= 11 is 0. The monoisotopic (exact) mass is 632 g/mol. The molecule has 1 fully saturated rings. The fourth-order valence-electron chi connectivity index (χ4n) is 7.46. The average molecular weight is 633 g/mol. The van der Waals surface area contributed by atoms with Crippen LogP contribution in [0.15, 0.2) is 12.3 Å². The second-order valence-corrected chi connectivity index (χ2v) is 12.2. The number of carbonyl (C=O) groups excluding carboxylic acids is 2. The molecular formula is C36H40MgN4O5. The normalized spacial score (nSPS) is 23.7. The van der Waals surface area contributed by atoms with E-state index in [4.69, 9.17) is 19.8 Å². The summed E-state index contributed by atoms with van der Waals surface area (Å²) in [6.45, 7) is 14.4. The van der Waals surface area contributed by atoms with E-state index in [0.717, 1.165) is 56.5 Å². The van der Waals surface area contributed by atoms with Gasteiger partial charge in [-0.1, -0.05) is 55.8 Å². The number of carbonyl (C=O) groups is 2. The molecule has 1 unspecified atom stereocenters. The summed E-state index contributed by atoms with van der Waals surface area (Å²) in [6, 6.07) is -0.524. The van der Waals surface area contributed by atoms with Gasteiger partial charge in [0.05, 0.1) is 14.2 Å². The van der Waals surface area contributed by atoms with Gasteiger partial charge < -0.3 is 34.8 Å². The summed E-state index contributed by atoms with van der Waals surface area (Å²) in [5.74, 6) is -2.21. The minimum atomic E-state index is -1.04. The van der Waals surface area contributed by atoms with Gasteiger partial charge in [-0.2, -0.15) is 5.70 Å². The first-order chi connectivity index (χ1) is 21.5. The molecule has 1 saturated heterocycles. The van der Waals surface area contributed by atoms with Gasteiger partial charge in [0.25, 0.3) is 0 Å². The fourth-order valence-corrected chi connectivity index (χ4v) is 7.46. The number of aliphatic hydroxyl groups is 1. The van der Waals surface area contributed by atoms with Crippen LogP contribution < -0.4 is 26.3 Å². The molecule has 3 N–H and O–H groups in total. The Bertz CT molecular complexity index is 2040. The van der Waals surface area contributed by atoms with E-state index in [2.05, 4.69) is 56.4 Å². The van der Waals surface area contributed by atoms with Gasteiger partial charge in [-0.3, -0.25) is 9.59 Å². The van der Waals surface area contributed by atoms with Crippen LogP contribution in [0.25, 0.3) is 41.0 Å². The van der Waals surface area contributed by atoms with E-state index in [1.165, 1.54) is 19.8 Å². The molecule has 6 rings (SSSR count). The van der Waals surface area contributed by atoms with E-state index in [0.29, 0.717) is 28.3 Å². The molecule has 9 nitrogen and oxygen atoms in total. The Kier molecular flexibility index (Phi) is 9.25. The van der Waals surface area contributed by atoms with Crippen LogP contribution in [0.5, 0.6) is 0 Å². The molecule has 46 heavy (non-hydrogen) atoms. The van der Waals surface area contributed by atoms with E-state index < -0.39 is 17.9 Å². The van der Waals surface area contributed by atoms with Crippen molar-refractivity contribution < 1.29 is 24.2 Å². The molecule has 0 aromatic carbocycles. The van der Waals surface area contributed by atoms with Crippen LogP contribution in [0.2, 0.25) is 0 Å². The first-order valence-corrected chi connectivity index (χ1v) is 15.5. The minimum Gasteiger partial charge on any atom is -0.681 e. The van der Waals surface area contributed by atoms with Crippen LogP contribution in [-0.2, 0) is 25.5 Å². The maximum absolute atomic E-state index is 13.3. The number of esters is 2. The van der Waals surface area contributed by atoms with Gasteiger partial charge in [-0.25, -0.2) is 0 Å². The van der Waals surface area contributed by atoms with Crippen molar-refractivity contribution in [3.05, 3.63) is 83.8 Å². The van der Waals surface area contributed by atoms with Crippen LogP contribution in [0, 0.1) is 38.5 Å². The fraction of sp³-hybridized carbons (Fsp3) is 0.389. The van der Waals surface area contributed by atoms with Crippen LogP contribution in [0.1, 0.15) is 71.6 Å². The van der Waals surface area contributed by atoms with Gasteiger partial charge in [0.2, 0.25) is 0 Å². The number of hydrogen-bond acceptors (Lipinski definition) is 5. The summed E-state index contributed by atoms with van der Waals surface area (Å²) < 4.78 is 10.2. The molecule has 5 heterocycles. The van der Waals surface area contributed by atoms with Gasteiger partial charge in [-0.15, -0.1) is 11.0 Å². The number of fused-ring (bicyclic) bond motifs is 8. The van der Waals surface area contributed by atoms with Crippen LogP contribution >= 0.6 is 0 Å². The quantitative estimate of drug-likeness (QED) is 0.283. The summed E-state index contributed by atoms with van der Waals surface area (Å²) in [5, 5.41) is 19.9. The molecule has 3 aromatic rings. The molecule has 3 aliphatic rings. The molecule has 1 aliphatic carbocycles. The van der Waals surface area contributed by atoms with E-state index in [1.54, 1.807) is 0 Å². The van der Waals surface area contributed by atoms with E-state index in [1.807, 2.05) is 19.1 Å². The Morgan fingerprint density at radius 3 is 2.41 bits per heavy atom. The van der Waals surface area contributed by atoms with Crippen molar-refractivity contribution in [2.75, 3.05) is 14.2 Å². The van der Waals surface area contributed by atoms with Crippen molar-refractivity contribution in [2.45, 2.75) is 59.9 Å². The molecule has 0 radical (unpaired) electrons. The predicted molar refractivity (Wildman–Crippen MR) is 180 cm³/mol. The van der Waals surface area contributed by atoms with Crippen molar-refractivity contribution in [1.82, 2.24) is 15.0 Å². The maximum Gasteiger partial charge on any atom is 2.00 e. The van der Waals surface area contributed by atoms with E-state index in [-0.39, 0.29) is 53.0 Å². The summed E-state index contributed by atoms with van der Waals surface area (Å²) in [4.78, 5) is 37.9. The van der Waals surface area contributed by atoms with Gasteiger partial charge in [-0.05, 0) is 68.2 Å². The van der Waals surface area contributed by atoms with E-state index >= 15 is 0 Å². The zero-order valence-corrected chi connectivity index (χ0v) is 29.0. The average Bonchev–Trinajstić information content (AvgIpc) is 3.76. The van der Waals surface area contributed by atoms with Crippen molar-refractivity contribution in [2.24, 2.45) is 17.8 Å². The Morgan fingerprint density at radius 2 is 1.76 bits per heavy atom. The van der Waals surface area contributed by atoms with Crippen LogP contribution in [0.3, 0.4) is 0 Å². The number of aliphatic hydroxyl groups excluding tert-OH is 1. The van der Waals surface area contributed by atoms with Crippen molar-refractivity contribution >= 4 is 70.6 Å². The Balaban J connectivity index is 0.00000417. The van der Waals surface area contributed by atoms with Crippen molar-refractivity contribution in [3.8, 4) is 0 Å². The second kappa shape index (κ2) is 12.7. The minimum absolute atomic E-state index is 0. The third-order valence-electron chi connectivity index (χ3n) is 10.0. The third-order valence-corrected chi connectivity index (χ3v) is 10.0. The third kappa shape index (κ3) is 5.15. The molecule has 4 atom stereocenters. The first kappa shape index (κ1) is 33.5. The molecular weight excluding hydrogens is 593 g/mol. The topological polar surface area (TPSA) is 133 Å². The van der Waals surface area contributed by atoms with Crippen molar-refractivity contribution in [3.63, 3.8) is 0 Å². The molecule has 8 bridgehead atoms. The largest absolute Gasteiger partial charge is 2.00 e. The zero-order chi connectivity index (χ0) is 32.3. The number of allylic oxidation sites excluding steroid dienone is 1. The van der Waals surface area contributed by atoms with Gasteiger partial charge in [0, 0.05) is 39.3 Å². The molecule has 10 heteroatoms. The number of nitrogens with zero attached hydrogens (tertiary/aromatic N) is 2. The van der Waals surface area contributed by atoms with Crippen LogP contribution in [0.4, 0.5) is 0 Å². The molecule has 236 valence electrons. The SMILES string of the molecule is C=Cc1c2[nH]c(c1C)/C=C1/[N-]C(C3=c4[n-]c(c(C)c4=C(O)[C@@H]3C(=O)OC)/C=c3\[nH]/c(c(C)c3CC)=C\2)[C@@H](CCC(=O)OC)[C@@H]1C.[Mg+2]. The number of rotatable bonds is 6. The number of H-pyrrole nitrogens is 2. The number of nitrogens with one attached hydrogen (secondary N) is 2. The number of methoxy groups -OCH3 is 2. The molecule has 0 amide bonds. The van der Waals surface area contributed by atoms with Gasteiger partial charge in [0.1, 0.15) is 11.7 Å². The summed E-state index contributed by atoms with van der Waals surface area (Å²) in [5.41, 5.74) is 9.15. The van der Waals surface area contributed by atoms with E-state index in [9.17, 15) is 14.7 Å². The summed E-state index contributed by atoms with van der Waals surface area (Å²) in [6.07, 6.45) is 9.57. The smallest absolute Gasteiger partial charge is 0.681 e. The molecule has 0 spiro atoms. The van der Waals surface area contributed by atoms with Gasteiger partial charge >= 0.3 is 35.0 Å². The number of ether oxygens (including phenoxy) is 2. The number of aromatic amines is 2. The Labute approximate surface area is 284 Å². The number of aromatic nitrogens is 3. The molecule has 2 aliphatic heterocycles. The summed E-state index contributed by atoms with van der Waals surface area (Å²) in [7, 11) is 2.70. The van der Waals surface area contributed by atoms with Gasteiger partial charge in [0.15, 0.2) is 0 Å². The molecule has 0 saturated carbocycles. The number of hydrogen-bond donors (Lipinski definition) is 3. The maximum atomic E-state index is 13.3. The van der Waals surface area contributed by atoms with Crippen LogP contribution in [-0.4, -0.2) is 70.3 Å². The molecule has 3 aromatic heterocycles. The zero-order valence-electron chi connectivity index (χ0n) is 27.6. The standard InChI is InChI=1S/C36H40N4O5.Mg/c1-9-20-16(3)23-13-25-18(5)22(11-12-29(41)44-7)33(39-25)31-32(36(43)45-8)35(42)30-19(6)26(40-34(30)31)15-28-21(10-2)17(4)24(38-28)14-27(20)37-23;/h9,13-15,18,22,32-33,37-38,42H,1,10-12H2,2-8H3;/q-2;+2/b24-14-,25-13+,28-15-;/t18-,22-,32+,33?;/m0./s1. The second-order valence-electron chi connectivity index (χ2n) is 12.2. The predicted octanol–water partition coefficient (Wildman–Crippen LogP) is 2.64. The van der Waals surface area contributed by atoms with Crippen molar-refractivity contribution in [1.29, 1.82) is 0 Å². The first-order valence-electron chi connectivity index (χ1n) is 15.5. The Morgan fingerprint density at radius 1 is 1.02 bits per heavy atom.